The van der Waals surface area contributed by atoms with Crippen LogP contribution >= 0.6 is 0 Å². The predicted molar refractivity (Wildman–Crippen MR) is 105 cm³/mol. The molecule has 1 N–H and O–H groups in total. The summed E-state index contributed by atoms with van der Waals surface area (Å²) >= 11 is 0. The number of nitrogens with zero attached hydrogens (tertiary/aromatic N) is 3. The normalized spacial score (nSPS) is 25.2. The highest BCUT2D eigenvalue weighted by molar-refractivity contribution is 7.89. The lowest BCUT2D eigenvalue weighted by Gasteiger charge is -2.28. The van der Waals surface area contributed by atoms with Crippen LogP contribution in [-0.4, -0.2) is 41.5 Å². The molecule has 2 saturated heterocycles. The molecule has 1 aromatic heterocycles. The molecule has 3 heterocycles. The topological polar surface area (TPSA) is 93.4 Å². The maximum absolute atomic E-state index is 13.6. The van der Waals surface area contributed by atoms with Crippen molar-refractivity contribution in [2.24, 2.45) is 25.9 Å². The van der Waals surface area contributed by atoms with E-state index in [9.17, 15) is 18.0 Å². The van der Waals surface area contributed by atoms with Gasteiger partial charge >= 0.3 is 5.69 Å². The third kappa shape index (κ3) is 2.76. The molecule has 0 amide bonds. The van der Waals surface area contributed by atoms with Gasteiger partial charge in [0.1, 0.15) is 0 Å². The van der Waals surface area contributed by atoms with E-state index in [0.29, 0.717) is 6.54 Å². The lowest BCUT2D eigenvalue weighted by atomic mass is 9.88. The fraction of sp³-hybridized carbons (Fsp3) is 0.474. The summed E-state index contributed by atoms with van der Waals surface area (Å²) < 4.78 is 30.6. The summed E-state index contributed by atoms with van der Waals surface area (Å²) in [5.41, 5.74) is 0.640. The molecule has 0 saturated carbocycles. The van der Waals surface area contributed by atoms with Crippen molar-refractivity contribution in [2.75, 3.05) is 19.6 Å². The third-order valence-electron chi connectivity index (χ3n) is 6.03. The van der Waals surface area contributed by atoms with Crippen LogP contribution < -0.4 is 16.6 Å². The second-order valence-electron chi connectivity index (χ2n) is 7.71. The fourth-order valence-corrected chi connectivity index (χ4v) is 6.37. The van der Waals surface area contributed by atoms with Gasteiger partial charge in [-0.25, -0.2) is 13.2 Å². The van der Waals surface area contributed by atoms with Crippen LogP contribution in [0.25, 0.3) is 0 Å². The number of nitrogens with one attached hydrogen (secondary N) is 1. The number of aromatic nitrogens is 2. The summed E-state index contributed by atoms with van der Waals surface area (Å²) in [5.74, 6) is 0.336. The largest absolute Gasteiger partial charge is 0.330 e. The van der Waals surface area contributed by atoms with E-state index in [4.69, 9.17) is 0 Å². The van der Waals surface area contributed by atoms with E-state index in [-0.39, 0.29) is 22.8 Å². The van der Waals surface area contributed by atoms with Gasteiger partial charge in [0.25, 0.3) is 15.6 Å². The highest BCUT2D eigenvalue weighted by Crippen LogP contribution is 2.45. The Labute approximate surface area is 163 Å². The average Bonchev–Trinajstić information content (AvgIpc) is 3.25. The number of hydrogen-bond acceptors (Lipinski definition) is 5. The van der Waals surface area contributed by atoms with Crippen LogP contribution in [-0.2, 0) is 24.1 Å². The minimum absolute atomic E-state index is 0.146. The summed E-state index contributed by atoms with van der Waals surface area (Å²) in [6, 6.07) is 7.44. The lowest BCUT2D eigenvalue weighted by molar-refractivity contribution is 0.343. The minimum atomic E-state index is -4.07. The van der Waals surface area contributed by atoms with Gasteiger partial charge in [0.15, 0.2) is 4.90 Å². The second kappa shape index (κ2) is 6.68. The highest BCUT2D eigenvalue weighted by Gasteiger charge is 2.50. The number of hydrogen-bond donors (Lipinski definition) is 1. The Kier molecular flexibility index (Phi) is 4.56. The summed E-state index contributed by atoms with van der Waals surface area (Å²) in [4.78, 5) is 24.3. The molecule has 9 heteroatoms. The smallest absolute Gasteiger partial charge is 0.316 e. The molecule has 28 heavy (non-hydrogen) atoms. The molecular formula is C19H24N4O4S. The zero-order chi connectivity index (χ0) is 20.2. The first kappa shape index (κ1) is 19.1. The number of benzene rings is 1. The molecule has 0 unspecified atom stereocenters. The number of sulfonamides is 1. The Morgan fingerprint density at radius 2 is 1.82 bits per heavy atom. The van der Waals surface area contributed by atoms with Gasteiger partial charge in [-0.3, -0.25) is 9.36 Å². The Morgan fingerprint density at radius 3 is 2.54 bits per heavy atom. The van der Waals surface area contributed by atoms with Gasteiger partial charge in [-0.2, -0.15) is 4.31 Å². The van der Waals surface area contributed by atoms with E-state index in [1.807, 2.05) is 31.2 Å². The molecule has 1 aromatic carbocycles. The van der Waals surface area contributed by atoms with E-state index < -0.39 is 21.3 Å². The first-order valence-electron chi connectivity index (χ1n) is 9.28. The highest BCUT2D eigenvalue weighted by atomic mass is 32.2. The van der Waals surface area contributed by atoms with Crippen LogP contribution in [0.1, 0.15) is 17.2 Å². The molecule has 0 bridgehead atoms. The minimum Gasteiger partial charge on any atom is -0.316 e. The van der Waals surface area contributed by atoms with E-state index in [0.717, 1.165) is 39.5 Å². The standard InChI is InChI=1S/C19H24N4O4S/c1-12-6-4-5-7-14(12)17-15-9-20-8-13(15)10-23(17)28(26,27)16-11-21(2)19(25)22(3)18(16)24/h4-7,11,13,15,17,20H,8-10H2,1-3H3/t13-,15-,17-/m0/s1. The molecule has 3 atom stereocenters. The summed E-state index contributed by atoms with van der Waals surface area (Å²) in [6.07, 6.45) is 1.14. The summed E-state index contributed by atoms with van der Waals surface area (Å²) in [5, 5.41) is 3.36. The fourth-order valence-electron chi connectivity index (χ4n) is 4.51. The first-order chi connectivity index (χ1) is 13.2. The number of rotatable bonds is 3. The molecule has 2 aliphatic heterocycles. The molecule has 8 nitrogen and oxygen atoms in total. The van der Waals surface area contributed by atoms with Crippen molar-refractivity contribution in [1.29, 1.82) is 0 Å². The molecule has 4 rings (SSSR count). The molecular weight excluding hydrogens is 380 g/mol. The van der Waals surface area contributed by atoms with Crippen LogP contribution in [0.2, 0.25) is 0 Å². The van der Waals surface area contributed by atoms with E-state index >= 15 is 0 Å². The van der Waals surface area contributed by atoms with Crippen molar-refractivity contribution in [3.63, 3.8) is 0 Å². The van der Waals surface area contributed by atoms with Crippen LogP contribution in [0, 0.1) is 18.8 Å². The molecule has 2 fully saturated rings. The van der Waals surface area contributed by atoms with Crippen molar-refractivity contribution in [2.45, 2.75) is 17.9 Å². The van der Waals surface area contributed by atoms with Crippen molar-refractivity contribution < 1.29 is 8.42 Å². The van der Waals surface area contributed by atoms with Gasteiger partial charge in [0, 0.05) is 33.4 Å². The van der Waals surface area contributed by atoms with Crippen LogP contribution in [0.3, 0.4) is 0 Å². The third-order valence-corrected chi connectivity index (χ3v) is 7.86. The molecule has 0 radical (unpaired) electrons. The second-order valence-corrected chi connectivity index (χ2v) is 9.57. The van der Waals surface area contributed by atoms with Crippen molar-refractivity contribution >= 4 is 10.0 Å². The van der Waals surface area contributed by atoms with E-state index in [1.165, 1.54) is 18.4 Å². The van der Waals surface area contributed by atoms with Crippen molar-refractivity contribution in [1.82, 2.24) is 18.8 Å². The quantitative estimate of drug-likeness (QED) is 0.776. The van der Waals surface area contributed by atoms with Gasteiger partial charge in [-0.15, -0.1) is 0 Å². The Bertz CT molecular complexity index is 1150. The zero-order valence-electron chi connectivity index (χ0n) is 16.1. The van der Waals surface area contributed by atoms with Gasteiger partial charge in [-0.1, -0.05) is 24.3 Å². The van der Waals surface area contributed by atoms with Crippen LogP contribution in [0.15, 0.2) is 44.9 Å². The van der Waals surface area contributed by atoms with E-state index in [1.54, 1.807) is 0 Å². The summed E-state index contributed by atoms with van der Waals surface area (Å²) in [7, 11) is -1.33. The van der Waals surface area contributed by atoms with Crippen LogP contribution in [0.5, 0.6) is 0 Å². The van der Waals surface area contributed by atoms with Crippen LogP contribution in [0.4, 0.5) is 0 Å². The van der Waals surface area contributed by atoms with E-state index in [2.05, 4.69) is 5.32 Å². The van der Waals surface area contributed by atoms with Gasteiger partial charge < -0.3 is 9.88 Å². The maximum Gasteiger partial charge on any atom is 0.330 e. The Balaban J connectivity index is 1.88. The molecule has 0 spiro atoms. The van der Waals surface area contributed by atoms with Crippen molar-refractivity contribution in [3.05, 3.63) is 62.4 Å². The monoisotopic (exact) mass is 404 g/mol. The number of aryl methyl sites for hydroxylation is 2. The molecule has 2 aliphatic rings. The lowest BCUT2D eigenvalue weighted by Crippen LogP contribution is -2.43. The SMILES string of the molecule is Cc1ccccc1[C@H]1[C@H]2CNC[C@H]2CN1S(=O)(=O)c1cn(C)c(=O)n(C)c1=O. The van der Waals surface area contributed by atoms with Crippen molar-refractivity contribution in [3.8, 4) is 0 Å². The maximum atomic E-state index is 13.6. The summed E-state index contributed by atoms with van der Waals surface area (Å²) in [6.45, 7) is 3.82. The molecule has 2 aromatic rings. The Morgan fingerprint density at radius 1 is 1.11 bits per heavy atom. The average molecular weight is 404 g/mol. The Hall–Kier alpha value is -2.23. The van der Waals surface area contributed by atoms with Gasteiger partial charge in [-0.05, 0) is 36.4 Å². The number of fused-ring (bicyclic) bond motifs is 1. The zero-order valence-corrected chi connectivity index (χ0v) is 16.9. The first-order valence-corrected chi connectivity index (χ1v) is 10.7. The molecule has 150 valence electrons. The predicted octanol–water partition coefficient (Wildman–Crippen LogP) is -0.0264. The van der Waals surface area contributed by atoms with Gasteiger partial charge in [0.2, 0.25) is 0 Å². The van der Waals surface area contributed by atoms with Gasteiger partial charge in [0.05, 0.1) is 6.04 Å². The molecule has 0 aliphatic carbocycles.